The van der Waals surface area contributed by atoms with Crippen molar-refractivity contribution >= 4 is 22.5 Å². The minimum atomic E-state index is -0.604. The molecular weight excluding hydrogens is 366 g/mol. The van der Waals surface area contributed by atoms with E-state index in [1.54, 1.807) is 0 Å². The molecule has 3 heterocycles. The highest BCUT2D eigenvalue weighted by atomic mass is 16.5. The van der Waals surface area contributed by atoms with Gasteiger partial charge >= 0.3 is 5.97 Å². The maximum atomic E-state index is 13.5. The topological polar surface area (TPSA) is 82.4 Å². The van der Waals surface area contributed by atoms with E-state index in [-0.39, 0.29) is 47.6 Å². The number of nitrogens with zero attached hydrogens (tertiary/aromatic N) is 2. The van der Waals surface area contributed by atoms with Gasteiger partial charge in [-0.3, -0.25) is 19.8 Å². The van der Waals surface area contributed by atoms with Crippen LogP contribution in [-0.2, 0) is 14.3 Å². The third-order valence-corrected chi connectivity index (χ3v) is 7.17. The molecule has 3 fully saturated rings. The van der Waals surface area contributed by atoms with Gasteiger partial charge in [0, 0.05) is 23.9 Å². The Hall–Kier alpha value is -2.75. The highest BCUT2D eigenvalue weighted by molar-refractivity contribution is 5.92. The number of benzene rings is 2. The minimum Gasteiger partial charge on any atom is -0.468 e. The lowest BCUT2D eigenvalue weighted by Gasteiger charge is -2.41. The van der Waals surface area contributed by atoms with Gasteiger partial charge in [-0.1, -0.05) is 36.4 Å². The van der Waals surface area contributed by atoms with Crippen molar-refractivity contribution < 1.29 is 14.3 Å². The van der Waals surface area contributed by atoms with Crippen molar-refractivity contribution in [3.63, 3.8) is 0 Å². The zero-order valence-electron chi connectivity index (χ0n) is 16.4. The van der Waals surface area contributed by atoms with Crippen LogP contribution in [0.1, 0.15) is 18.0 Å². The van der Waals surface area contributed by atoms with Crippen molar-refractivity contribution in [1.29, 1.82) is 5.26 Å². The van der Waals surface area contributed by atoms with E-state index < -0.39 is 6.04 Å². The van der Waals surface area contributed by atoms with E-state index in [9.17, 15) is 14.9 Å². The van der Waals surface area contributed by atoms with Crippen LogP contribution in [-0.4, -0.2) is 48.9 Å². The van der Waals surface area contributed by atoms with Crippen molar-refractivity contribution in [2.24, 2.45) is 17.8 Å². The predicted octanol–water partition coefficient (Wildman–Crippen LogP) is 2.05. The number of hydrogen-bond donors (Lipinski definition) is 1. The number of nitrogens with one attached hydrogen (secondary N) is 1. The number of carbonyl (C=O) groups is 2. The number of hydrogen-bond acceptors (Lipinski definition) is 6. The highest BCUT2D eigenvalue weighted by Crippen LogP contribution is 2.51. The van der Waals surface area contributed by atoms with E-state index in [2.05, 4.69) is 35.7 Å². The second kappa shape index (κ2) is 6.65. The molecule has 5 rings (SSSR count). The second-order valence-electron chi connectivity index (χ2n) is 8.40. The molecule has 6 heteroatoms. The van der Waals surface area contributed by atoms with Gasteiger partial charge in [0.1, 0.15) is 6.04 Å². The monoisotopic (exact) mass is 389 g/mol. The third kappa shape index (κ3) is 2.54. The van der Waals surface area contributed by atoms with Crippen LogP contribution in [0.5, 0.6) is 0 Å². The number of esters is 1. The van der Waals surface area contributed by atoms with Crippen molar-refractivity contribution in [3.05, 3.63) is 48.0 Å². The average Bonchev–Trinajstić information content (AvgIpc) is 3.26. The van der Waals surface area contributed by atoms with Gasteiger partial charge in [-0.25, -0.2) is 0 Å². The summed E-state index contributed by atoms with van der Waals surface area (Å²) in [5.41, 5.74) is 0.996. The normalized spacial score (nSPS) is 36.0. The molecular formula is C23H23N3O3. The molecule has 3 aliphatic rings. The van der Waals surface area contributed by atoms with Crippen LogP contribution in [0, 0.1) is 29.1 Å². The number of nitriles is 1. The molecule has 0 spiro atoms. The molecule has 2 aromatic carbocycles. The molecule has 2 bridgehead atoms. The number of ether oxygens (including phenoxy) is 1. The Morgan fingerprint density at radius 1 is 1.24 bits per heavy atom. The summed E-state index contributed by atoms with van der Waals surface area (Å²) in [6, 6.07) is 15.4. The van der Waals surface area contributed by atoms with Gasteiger partial charge in [-0.2, -0.15) is 5.26 Å². The molecule has 0 aromatic heterocycles. The van der Waals surface area contributed by atoms with Gasteiger partial charge < -0.3 is 4.74 Å². The molecule has 29 heavy (non-hydrogen) atoms. The van der Waals surface area contributed by atoms with Crippen LogP contribution in [0.3, 0.4) is 0 Å². The standard InChI is InChI=1S/C23H23N3O3/c1-26-16-10-15(11-24)21(26)17-18(22(16)27)19(25-20(17)23(28)29-2)14-8-7-12-5-3-4-6-13(12)9-14/h3-9,15-21,25H,10H2,1-2H3/t15-,16+,17+,18-,19+,20+,21+/m0/s1. The van der Waals surface area contributed by atoms with Crippen LogP contribution < -0.4 is 5.32 Å². The van der Waals surface area contributed by atoms with E-state index in [0.717, 1.165) is 16.3 Å². The molecule has 3 aliphatic heterocycles. The Morgan fingerprint density at radius 3 is 2.72 bits per heavy atom. The van der Waals surface area contributed by atoms with Gasteiger partial charge in [0.25, 0.3) is 0 Å². The van der Waals surface area contributed by atoms with Gasteiger partial charge in [0.2, 0.25) is 0 Å². The third-order valence-electron chi connectivity index (χ3n) is 7.17. The molecule has 6 nitrogen and oxygen atoms in total. The summed E-state index contributed by atoms with van der Waals surface area (Å²) in [7, 11) is 3.27. The molecule has 0 radical (unpaired) electrons. The smallest absolute Gasteiger partial charge is 0.323 e. The average molecular weight is 389 g/mol. The fourth-order valence-electron chi connectivity index (χ4n) is 5.90. The summed E-state index contributed by atoms with van der Waals surface area (Å²) < 4.78 is 5.07. The first kappa shape index (κ1) is 18.3. The van der Waals surface area contributed by atoms with Gasteiger partial charge in [-0.05, 0) is 35.9 Å². The summed E-state index contributed by atoms with van der Waals surface area (Å²) in [6.45, 7) is 0. The number of carbonyl (C=O) groups excluding carboxylic acids is 2. The molecule has 0 saturated carbocycles. The number of ketones is 1. The Bertz CT molecular complexity index is 1050. The van der Waals surface area contributed by atoms with Crippen LogP contribution in [0.25, 0.3) is 10.8 Å². The largest absolute Gasteiger partial charge is 0.468 e. The fraction of sp³-hybridized carbons (Fsp3) is 0.435. The molecule has 0 aliphatic carbocycles. The lowest BCUT2D eigenvalue weighted by Crippen LogP contribution is -2.56. The Morgan fingerprint density at radius 2 is 2.00 bits per heavy atom. The van der Waals surface area contributed by atoms with Gasteiger partial charge in [0.15, 0.2) is 5.78 Å². The predicted molar refractivity (Wildman–Crippen MR) is 107 cm³/mol. The number of likely N-dealkylation sites (N-methyl/N-ethyl adjacent to an activating group) is 1. The minimum absolute atomic E-state index is 0.128. The zero-order valence-corrected chi connectivity index (χ0v) is 16.4. The van der Waals surface area contributed by atoms with Crippen LogP contribution in [0.4, 0.5) is 0 Å². The number of piperidine rings is 1. The van der Waals surface area contributed by atoms with Crippen molar-refractivity contribution in [1.82, 2.24) is 10.2 Å². The quantitative estimate of drug-likeness (QED) is 0.792. The van der Waals surface area contributed by atoms with Gasteiger partial charge in [0.05, 0.1) is 25.1 Å². The van der Waals surface area contributed by atoms with Crippen molar-refractivity contribution in [2.45, 2.75) is 30.6 Å². The van der Waals surface area contributed by atoms with E-state index in [1.165, 1.54) is 7.11 Å². The second-order valence-corrected chi connectivity index (χ2v) is 8.40. The lowest BCUT2D eigenvalue weighted by atomic mass is 9.73. The Balaban J connectivity index is 1.62. The van der Waals surface area contributed by atoms with Crippen LogP contribution >= 0.6 is 0 Å². The molecule has 0 unspecified atom stereocenters. The van der Waals surface area contributed by atoms with Crippen molar-refractivity contribution in [2.75, 3.05) is 14.2 Å². The maximum absolute atomic E-state index is 13.5. The van der Waals surface area contributed by atoms with E-state index in [0.29, 0.717) is 6.42 Å². The molecule has 3 saturated heterocycles. The summed E-state index contributed by atoms with van der Waals surface area (Å²) in [4.78, 5) is 28.2. The number of Topliss-reactive ketones (excluding diaryl/α,β-unsaturated/α-hetero) is 1. The Labute approximate surface area is 169 Å². The summed E-state index contributed by atoms with van der Waals surface area (Å²) in [5, 5.41) is 15.3. The molecule has 7 atom stereocenters. The molecule has 0 amide bonds. The van der Waals surface area contributed by atoms with Gasteiger partial charge in [-0.15, -0.1) is 0 Å². The number of rotatable bonds is 2. The zero-order chi connectivity index (χ0) is 20.3. The fourth-order valence-corrected chi connectivity index (χ4v) is 5.90. The lowest BCUT2D eigenvalue weighted by molar-refractivity contribution is -0.146. The summed E-state index contributed by atoms with van der Waals surface area (Å²) >= 11 is 0. The van der Waals surface area contributed by atoms with E-state index in [4.69, 9.17) is 4.74 Å². The first-order valence-corrected chi connectivity index (χ1v) is 10.0. The summed E-state index contributed by atoms with van der Waals surface area (Å²) in [5.74, 6) is -1.12. The number of methoxy groups -OCH3 is 1. The molecule has 2 aromatic rings. The van der Waals surface area contributed by atoms with E-state index in [1.807, 2.05) is 30.1 Å². The Kier molecular flexibility index (Phi) is 4.19. The van der Waals surface area contributed by atoms with E-state index >= 15 is 0 Å². The van der Waals surface area contributed by atoms with Crippen LogP contribution in [0.2, 0.25) is 0 Å². The van der Waals surface area contributed by atoms with Crippen molar-refractivity contribution in [3.8, 4) is 6.07 Å². The first-order chi connectivity index (χ1) is 14.0. The SMILES string of the molecule is COC(=O)[C@@H]1N[C@H](c2ccc3ccccc3c2)[C@H]2C(=O)[C@H]3C[C@@H](C#N)[C@H]([C@H]21)N3C. The highest BCUT2D eigenvalue weighted by Gasteiger charge is 2.64. The summed E-state index contributed by atoms with van der Waals surface area (Å²) in [6.07, 6.45) is 0.543. The van der Waals surface area contributed by atoms with Crippen LogP contribution in [0.15, 0.2) is 42.5 Å². The molecule has 148 valence electrons. The molecule has 1 N–H and O–H groups in total. The maximum Gasteiger partial charge on any atom is 0.323 e. The first-order valence-electron chi connectivity index (χ1n) is 10.0. The number of fused-ring (bicyclic) bond motifs is 5.